The van der Waals surface area contributed by atoms with E-state index in [0.717, 1.165) is 5.57 Å². The van der Waals surface area contributed by atoms with Crippen molar-refractivity contribution < 1.29 is 28.5 Å². The molecule has 0 saturated heterocycles. The van der Waals surface area contributed by atoms with Gasteiger partial charge in [-0.1, -0.05) is 92.0 Å². The number of carbonyl (C=O) groups excluding carboxylic acids is 1. The maximum absolute atomic E-state index is 13.8. The topological polar surface area (TPSA) is 77.5 Å². The van der Waals surface area contributed by atoms with E-state index in [0.29, 0.717) is 29.0 Å². The van der Waals surface area contributed by atoms with Crippen LogP contribution in [-0.2, 0) is 14.2 Å². The summed E-state index contributed by atoms with van der Waals surface area (Å²) in [7, 11) is -0.905. The Balaban J connectivity index is 2.28. The lowest BCUT2D eigenvalue weighted by molar-refractivity contribution is -0.255. The van der Waals surface area contributed by atoms with E-state index in [9.17, 15) is 9.90 Å². The molecule has 1 N–H and O–H groups in total. The highest BCUT2D eigenvalue weighted by Gasteiger charge is 2.53. The van der Waals surface area contributed by atoms with Gasteiger partial charge in [-0.3, -0.25) is 4.90 Å². The van der Waals surface area contributed by atoms with E-state index < -0.39 is 40.4 Å². The Labute approximate surface area is 285 Å². The number of benzene rings is 1. The van der Waals surface area contributed by atoms with Crippen LogP contribution in [0.5, 0.6) is 5.75 Å². The molecular weight excluding hydrogens is 623 g/mol. The third-order valence-corrected chi connectivity index (χ3v) is 19.2. The van der Waals surface area contributed by atoms with Crippen molar-refractivity contribution in [3.8, 4) is 29.1 Å². The van der Waals surface area contributed by atoms with Gasteiger partial charge in [0.2, 0.25) is 8.32 Å². The second kappa shape index (κ2) is 14.2. The number of fused-ring (bicyclic) bond motifs is 2. The fourth-order valence-electron chi connectivity index (χ4n) is 5.38. The summed E-state index contributed by atoms with van der Waals surface area (Å²) >= 11 is 0. The van der Waals surface area contributed by atoms with Crippen molar-refractivity contribution in [3.05, 3.63) is 54.1 Å². The molecule has 0 aromatic heterocycles. The van der Waals surface area contributed by atoms with Crippen molar-refractivity contribution >= 4 is 33.7 Å². The second-order valence-electron chi connectivity index (χ2n) is 15.5. The maximum atomic E-state index is 13.8. The smallest absolute Gasteiger partial charge is 0.415 e. The average Bonchev–Trinajstić information content (AvgIpc) is 2.97. The summed E-state index contributed by atoms with van der Waals surface area (Å²) in [6.45, 7) is 27.9. The first kappa shape index (κ1) is 38.4. The standard InChI is InChI=1S/C38H55NO6Si2/c1-15-23-44-35(41)39-30-22-21-28(45-47(13,14)37(6,7)8)25-29(30)33-32(27(2)26-38(42-9,43-10)34(33)40)31(39)20-18-16-17-19-24-46(11,12)36(3,4)5/h15-17,21-22,25,27,31,34,40H,1,23,26H2,2-14H3/b17-16-/t27-,31-,34+/m0/s1. The van der Waals surface area contributed by atoms with E-state index in [4.69, 9.17) is 18.6 Å². The number of aliphatic hydroxyl groups excluding tert-OH is 1. The van der Waals surface area contributed by atoms with Crippen molar-refractivity contribution in [3.63, 3.8) is 0 Å². The van der Waals surface area contributed by atoms with Crippen molar-refractivity contribution in [1.82, 2.24) is 0 Å². The lowest BCUT2D eigenvalue weighted by Gasteiger charge is -2.49. The Kier molecular flexibility index (Phi) is 11.6. The Morgan fingerprint density at radius 3 is 2.23 bits per heavy atom. The van der Waals surface area contributed by atoms with Crippen molar-refractivity contribution in [2.75, 3.05) is 25.7 Å². The predicted octanol–water partition coefficient (Wildman–Crippen LogP) is 8.34. The van der Waals surface area contributed by atoms with E-state index in [1.54, 1.807) is 17.1 Å². The minimum absolute atomic E-state index is 0.0305. The van der Waals surface area contributed by atoms with Gasteiger partial charge in [0.1, 0.15) is 32.6 Å². The summed E-state index contributed by atoms with van der Waals surface area (Å²) in [6.07, 6.45) is 3.66. The lowest BCUT2D eigenvalue weighted by atomic mass is 9.70. The molecule has 0 bridgehead atoms. The lowest BCUT2D eigenvalue weighted by Crippen LogP contribution is -2.55. The van der Waals surface area contributed by atoms with E-state index in [-0.39, 0.29) is 22.6 Å². The molecule has 256 valence electrons. The molecule has 1 aliphatic carbocycles. The Bertz CT molecular complexity index is 1530. The summed E-state index contributed by atoms with van der Waals surface area (Å²) in [5.74, 6) is 8.86. The highest BCUT2D eigenvalue weighted by atomic mass is 28.4. The van der Waals surface area contributed by atoms with Gasteiger partial charge in [0.15, 0.2) is 5.79 Å². The third-order valence-electron chi connectivity index (χ3n) is 10.3. The molecular formula is C38H55NO6Si2. The maximum Gasteiger partial charge on any atom is 0.415 e. The number of aliphatic hydroxyl groups is 1. The number of carbonyl (C=O) groups is 1. The first-order valence-corrected chi connectivity index (χ1v) is 22.2. The quantitative estimate of drug-likeness (QED) is 0.141. The molecule has 0 unspecified atom stereocenters. The average molecular weight is 678 g/mol. The Morgan fingerprint density at radius 2 is 1.68 bits per heavy atom. The van der Waals surface area contributed by atoms with Crippen LogP contribution in [-0.4, -0.2) is 66.4 Å². The number of hydrogen-bond donors (Lipinski definition) is 1. The number of methoxy groups -OCH3 is 2. The fraction of sp³-hybridized carbons (Fsp3) is 0.553. The molecule has 1 aromatic rings. The Hall–Kier alpha value is -3.06. The highest BCUT2D eigenvalue weighted by molar-refractivity contribution is 6.87. The first-order chi connectivity index (χ1) is 21.7. The molecule has 9 heteroatoms. The minimum atomic E-state index is -2.21. The molecule has 7 nitrogen and oxygen atoms in total. The zero-order chi connectivity index (χ0) is 35.6. The van der Waals surface area contributed by atoms with Crippen LogP contribution in [0.15, 0.2) is 48.6 Å². The molecule has 1 heterocycles. The predicted molar refractivity (Wildman–Crippen MR) is 197 cm³/mol. The monoisotopic (exact) mass is 677 g/mol. The highest BCUT2D eigenvalue weighted by Crippen LogP contribution is 2.52. The molecule has 3 atom stereocenters. The number of rotatable bonds is 6. The molecule has 47 heavy (non-hydrogen) atoms. The number of amides is 1. The van der Waals surface area contributed by atoms with Gasteiger partial charge < -0.3 is 23.7 Å². The molecule has 0 saturated carbocycles. The van der Waals surface area contributed by atoms with Gasteiger partial charge in [-0.15, -0.1) is 5.54 Å². The fourth-order valence-corrected chi connectivity index (χ4v) is 7.22. The molecule has 0 spiro atoms. The van der Waals surface area contributed by atoms with Gasteiger partial charge in [-0.2, -0.15) is 0 Å². The number of ether oxygens (including phenoxy) is 3. The largest absolute Gasteiger partial charge is 0.543 e. The van der Waals surface area contributed by atoms with Crippen LogP contribution in [0.4, 0.5) is 10.5 Å². The minimum Gasteiger partial charge on any atom is -0.543 e. The number of hydrogen-bond acceptors (Lipinski definition) is 6. The Morgan fingerprint density at radius 1 is 1.06 bits per heavy atom. The van der Waals surface area contributed by atoms with E-state index in [2.05, 4.69) is 97.6 Å². The van der Waals surface area contributed by atoms with Crippen LogP contribution in [0.3, 0.4) is 0 Å². The van der Waals surface area contributed by atoms with Crippen molar-refractivity contribution in [2.24, 2.45) is 5.92 Å². The SMILES string of the molecule is C=CCOC(=O)N1c2ccc(O[Si](C)(C)C(C)(C)C)cc2C2=C([C@@H](C)CC(OC)(OC)[C@@H]2O)[C@@H]1C#C/C=C\C#C[Si](C)(C)C(C)(C)C. The molecule has 1 aromatic carbocycles. The van der Waals surface area contributed by atoms with Crippen molar-refractivity contribution in [2.45, 2.75) is 109 Å². The van der Waals surface area contributed by atoms with Crippen LogP contribution in [0.25, 0.3) is 5.57 Å². The van der Waals surface area contributed by atoms with Gasteiger partial charge in [-0.05, 0) is 70.6 Å². The number of anilines is 1. The number of nitrogens with zero attached hydrogens (tertiary/aromatic N) is 1. The van der Waals surface area contributed by atoms with Crippen molar-refractivity contribution in [1.29, 1.82) is 0 Å². The van der Waals surface area contributed by atoms with E-state index >= 15 is 0 Å². The van der Waals surface area contributed by atoms with Gasteiger partial charge in [0.05, 0.1) is 5.69 Å². The molecule has 0 radical (unpaired) electrons. The van der Waals surface area contributed by atoms with Crippen LogP contribution in [0.1, 0.15) is 60.5 Å². The zero-order valence-electron chi connectivity index (χ0n) is 30.8. The molecule has 0 fully saturated rings. The normalized spacial score (nSPS) is 21.1. The summed E-state index contributed by atoms with van der Waals surface area (Å²) in [5.41, 5.74) is 6.11. The van der Waals surface area contributed by atoms with Crippen LogP contribution in [0.2, 0.25) is 36.3 Å². The van der Waals surface area contributed by atoms with E-state index in [1.165, 1.54) is 20.3 Å². The summed E-state index contributed by atoms with van der Waals surface area (Å²) in [4.78, 5) is 15.4. The zero-order valence-corrected chi connectivity index (χ0v) is 32.8. The van der Waals surface area contributed by atoms with Crippen LogP contribution >= 0.6 is 0 Å². The molecule has 1 aliphatic heterocycles. The summed E-state index contributed by atoms with van der Waals surface area (Å²) < 4.78 is 24.0. The first-order valence-electron chi connectivity index (χ1n) is 16.3. The van der Waals surface area contributed by atoms with Crippen LogP contribution in [0, 0.1) is 29.2 Å². The van der Waals surface area contributed by atoms with Gasteiger partial charge in [-0.25, -0.2) is 4.79 Å². The van der Waals surface area contributed by atoms with Crippen LogP contribution < -0.4 is 9.33 Å². The number of allylic oxidation sites excluding steroid dienone is 2. The van der Waals surface area contributed by atoms with Gasteiger partial charge in [0.25, 0.3) is 0 Å². The molecule has 3 rings (SSSR count). The van der Waals surface area contributed by atoms with E-state index in [1.807, 2.05) is 25.1 Å². The molecule has 2 aliphatic rings. The summed E-state index contributed by atoms with van der Waals surface area (Å²) in [6, 6.07) is 4.91. The summed E-state index contributed by atoms with van der Waals surface area (Å²) in [5, 5.41) is 12.2. The third kappa shape index (κ3) is 7.82. The molecule has 1 amide bonds. The van der Waals surface area contributed by atoms with Gasteiger partial charge >= 0.3 is 6.09 Å². The second-order valence-corrected chi connectivity index (χ2v) is 25.3. The van der Waals surface area contributed by atoms with Gasteiger partial charge in [0, 0.05) is 26.2 Å².